The van der Waals surface area contributed by atoms with Crippen molar-refractivity contribution in [1.29, 1.82) is 0 Å². The number of fused-ring (bicyclic) bond motifs is 1. The Balaban J connectivity index is 1.37. The minimum absolute atomic E-state index is 0.0537. The number of hydrogen-bond donors (Lipinski definition) is 1. The van der Waals surface area contributed by atoms with Gasteiger partial charge < -0.3 is 14.1 Å². The van der Waals surface area contributed by atoms with Crippen LogP contribution in [0.15, 0.2) is 71.7 Å². The van der Waals surface area contributed by atoms with Crippen molar-refractivity contribution in [3.63, 3.8) is 0 Å². The van der Waals surface area contributed by atoms with Gasteiger partial charge in [0.2, 0.25) is 5.28 Å². The first-order valence-electron chi connectivity index (χ1n) is 12.3. The van der Waals surface area contributed by atoms with Crippen molar-refractivity contribution >= 4 is 41.5 Å². The number of benzene rings is 2. The standard InChI is InChI=1S/C27H31ClN4O3Si/c1-27(2,3)36(21-10-6-4-7-11-21,22-12-8-5-9-13-22)35-18-20-15-14-19(17-34-20)32-24-23(30-26(32)33)16-29-25(28)31-24/h4-13,16,19-20H,14-15,17-18H2,1-3H3,(H,30,33). The molecule has 1 aliphatic rings. The van der Waals surface area contributed by atoms with Crippen LogP contribution in [0.25, 0.3) is 11.2 Å². The minimum Gasteiger partial charge on any atom is -0.405 e. The molecule has 7 nitrogen and oxygen atoms in total. The fourth-order valence-electron chi connectivity index (χ4n) is 5.34. The topological polar surface area (TPSA) is 82.0 Å². The van der Waals surface area contributed by atoms with Gasteiger partial charge in [-0.1, -0.05) is 81.4 Å². The summed E-state index contributed by atoms with van der Waals surface area (Å²) in [6, 6.07) is 21.1. The molecular formula is C27H31ClN4O3Si. The van der Waals surface area contributed by atoms with Crippen LogP contribution in [0, 0.1) is 0 Å². The molecule has 2 aromatic carbocycles. The smallest absolute Gasteiger partial charge is 0.328 e. The van der Waals surface area contributed by atoms with Crippen LogP contribution in [0.3, 0.4) is 0 Å². The Bertz CT molecular complexity index is 1340. The molecule has 4 aromatic rings. The highest BCUT2D eigenvalue weighted by Gasteiger charge is 2.50. The maximum absolute atomic E-state index is 12.6. The van der Waals surface area contributed by atoms with Gasteiger partial charge in [0.25, 0.3) is 8.32 Å². The second-order valence-electron chi connectivity index (χ2n) is 10.3. The van der Waals surface area contributed by atoms with Gasteiger partial charge in [-0.05, 0) is 39.9 Å². The van der Waals surface area contributed by atoms with Crippen molar-refractivity contribution in [2.45, 2.75) is 50.8 Å². The van der Waals surface area contributed by atoms with Gasteiger partial charge in [0.05, 0.1) is 31.6 Å². The molecule has 3 heterocycles. The van der Waals surface area contributed by atoms with Crippen LogP contribution in [0.2, 0.25) is 10.3 Å². The first-order valence-corrected chi connectivity index (χ1v) is 14.6. The van der Waals surface area contributed by atoms with Crippen LogP contribution in [-0.4, -0.2) is 47.2 Å². The molecular weight excluding hydrogens is 492 g/mol. The largest absolute Gasteiger partial charge is 0.405 e. The Morgan fingerprint density at radius 3 is 2.28 bits per heavy atom. The molecule has 9 heteroatoms. The quantitative estimate of drug-likeness (QED) is 0.305. The molecule has 0 bridgehead atoms. The van der Waals surface area contributed by atoms with E-state index in [1.165, 1.54) is 16.6 Å². The number of imidazole rings is 1. The monoisotopic (exact) mass is 522 g/mol. The normalized spacial score (nSPS) is 19.0. The highest BCUT2D eigenvalue weighted by atomic mass is 35.5. The van der Waals surface area contributed by atoms with Gasteiger partial charge in [-0.3, -0.25) is 4.57 Å². The van der Waals surface area contributed by atoms with E-state index in [-0.39, 0.29) is 28.2 Å². The van der Waals surface area contributed by atoms with Gasteiger partial charge >= 0.3 is 5.69 Å². The van der Waals surface area contributed by atoms with Crippen molar-refractivity contribution in [2.75, 3.05) is 13.2 Å². The van der Waals surface area contributed by atoms with E-state index < -0.39 is 8.32 Å². The molecule has 1 fully saturated rings. The molecule has 0 radical (unpaired) electrons. The summed E-state index contributed by atoms with van der Waals surface area (Å²) < 4.78 is 15.0. The van der Waals surface area contributed by atoms with Crippen LogP contribution >= 0.6 is 11.6 Å². The van der Waals surface area contributed by atoms with Crippen LogP contribution in [0.5, 0.6) is 0 Å². The summed E-state index contributed by atoms with van der Waals surface area (Å²) in [7, 11) is -2.63. The predicted octanol–water partition coefficient (Wildman–Crippen LogP) is 4.07. The second-order valence-corrected chi connectivity index (χ2v) is 15.0. The predicted molar refractivity (Wildman–Crippen MR) is 145 cm³/mol. The summed E-state index contributed by atoms with van der Waals surface area (Å²) >= 11 is 5.99. The van der Waals surface area contributed by atoms with Crippen LogP contribution < -0.4 is 16.1 Å². The second kappa shape index (κ2) is 9.93. The summed E-state index contributed by atoms with van der Waals surface area (Å²) in [6.07, 6.45) is 3.04. The fraction of sp³-hybridized carbons (Fsp3) is 0.370. The van der Waals surface area contributed by atoms with Gasteiger partial charge in [0, 0.05) is 0 Å². The van der Waals surface area contributed by atoms with Crippen molar-refractivity contribution in [1.82, 2.24) is 19.5 Å². The van der Waals surface area contributed by atoms with E-state index in [1.807, 2.05) is 12.1 Å². The van der Waals surface area contributed by atoms with E-state index in [2.05, 4.69) is 84.3 Å². The van der Waals surface area contributed by atoms with E-state index in [0.717, 1.165) is 12.8 Å². The van der Waals surface area contributed by atoms with Crippen molar-refractivity contribution in [3.05, 3.63) is 82.6 Å². The number of halogens is 1. The third-order valence-electron chi connectivity index (χ3n) is 7.04. The third-order valence-corrected chi connectivity index (χ3v) is 12.2. The van der Waals surface area contributed by atoms with E-state index in [0.29, 0.717) is 24.4 Å². The fourth-order valence-corrected chi connectivity index (χ4v) is 10.1. The zero-order chi connectivity index (χ0) is 25.3. The maximum Gasteiger partial charge on any atom is 0.328 e. The van der Waals surface area contributed by atoms with E-state index in [4.69, 9.17) is 20.8 Å². The molecule has 1 saturated heterocycles. The van der Waals surface area contributed by atoms with Gasteiger partial charge in [-0.25, -0.2) is 9.78 Å². The van der Waals surface area contributed by atoms with E-state index >= 15 is 0 Å². The Labute approximate surface area is 216 Å². The van der Waals surface area contributed by atoms with Gasteiger partial charge in [0.15, 0.2) is 5.65 Å². The minimum atomic E-state index is -2.63. The summed E-state index contributed by atoms with van der Waals surface area (Å²) in [5, 5.41) is 2.52. The van der Waals surface area contributed by atoms with Crippen molar-refractivity contribution < 1.29 is 9.16 Å². The number of nitrogens with zero attached hydrogens (tertiary/aromatic N) is 3. The number of ether oxygens (including phenoxy) is 1. The van der Waals surface area contributed by atoms with Crippen molar-refractivity contribution in [2.24, 2.45) is 0 Å². The number of hydrogen-bond acceptors (Lipinski definition) is 5. The molecule has 1 aliphatic heterocycles. The lowest BCUT2D eigenvalue weighted by Crippen LogP contribution is -2.67. The van der Waals surface area contributed by atoms with Crippen LogP contribution in [-0.2, 0) is 9.16 Å². The number of nitrogens with one attached hydrogen (secondary N) is 1. The lowest BCUT2D eigenvalue weighted by Gasteiger charge is -2.44. The zero-order valence-electron chi connectivity index (χ0n) is 20.8. The van der Waals surface area contributed by atoms with Gasteiger partial charge in [-0.15, -0.1) is 0 Å². The average molecular weight is 523 g/mol. The Morgan fingerprint density at radius 1 is 1.08 bits per heavy atom. The molecule has 0 amide bonds. The third kappa shape index (κ3) is 4.54. The molecule has 36 heavy (non-hydrogen) atoms. The number of aromatic nitrogens is 4. The van der Waals surface area contributed by atoms with Gasteiger partial charge in [0.1, 0.15) is 5.52 Å². The molecule has 2 atom stereocenters. The molecule has 2 unspecified atom stereocenters. The van der Waals surface area contributed by atoms with E-state index in [1.54, 1.807) is 4.57 Å². The lowest BCUT2D eigenvalue weighted by atomic mass is 10.1. The summed E-state index contributed by atoms with van der Waals surface area (Å²) in [5.41, 5.74) is 0.856. The highest BCUT2D eigenvalue weighted by Crippen LogP contribution is 2.37. The van der Waals surface area contributed by atoms with E-state index in [9.17, 15) is 4.79 Å². The molecule has 5 rings (SSSR count). The first kappa shape index (κ1) is 24.9. The summed E-state index contributed by atoms with van der Waals surface area (Å²) in [5.74, 6) is 0. The first-order chi connectivity index (χ1) is 17.3. The van der Waals surface area contributed by atoms with Crippen molar-refractivity contribution in [3.8, 4) is 0 Å². The number of aromatic amines is 1. The van der Waals surface area contributed by atoms with Crippen LogP contribution in [0.1, 0.15) is 39.7 Å². The average Bonchev–Trinajstić information content (AvgIpc) is 3.20. The lowest BCUT2D eigenvalue weighted by molar-refractivity contribution is -0.0354. The number of rotatable bonds is 6. The highest BCUT2D eigenvalue weighted by molar-refractivity contribution is 6.99. The number of H-pyrrole nitrogens is 1. The maximum atomic E-state index is 12.6. The molecule has 2 aromatic heterocycles. The Kier molecular flexibility index (Phi) is 6.87. The molecule has 0 spiro atoms. The molecule has 188 valence electrons. The summed E-state index contributed by atoms with van der Waals surface area (Å²) in [6.45, 7) is 7.72. The van der Waals surface area contributed by atoms with Gasteiger partial charge in [-0.2, -0.15) is 4.98 Å². The van der Waals surface area contributed by atoms with Crippen LogP contribution in [0.4, 0.5) is 0 Å². The Hall–Kier alpha value is -2.78. The SMILES string of the molecule is CC(C)(C)[Si](OCC1CCC(n2c(=O)[nH]c3cnc(Cl)nc32)CO1)(c1ccccc1)c1ccccc1. The Morgan fingerprint density at radius 2 is 1.72 bits per heavy atom. The summed E-state index contributed by atoms with van der Waals surface area (Å²) in [4.78, 5) is 23.7. The molecule has 0 saturated carbocycles. The zero-order valence-corrected chi connectivity index (χ0v) is 22.5. The molecule has 1 N–H and O–H groups in total. The molecule has 0 aliphatic carbocycles.